The smallest absolute Gasteiger partial charge is 0.0351 e. The lowest BCUT2D eigenvalue weighted by Crippen LogP contribution is -2.31. The van der Waals surface area contributed by atoms with Crippen LogP contribution >= 0.6 is 12.4 Å². The molecule has 2 aromatic carbocycles. The van der Waals surface area contributed by atoms with E-state index < -0.39 is 0 Å². The zero-order valence-corrected chi connectivity index (χ0v) is 13.0. The van der Waals surface area contributed by atoms with E-state index in [1.165, 1.54) is 30.4 Å². The maximum atomic E-state index is 5.85. The second-order valence-corrected chi connectivity index (χ2v) is 5.71. The van der Waals surface area contributed by atoms with Crippen LogP contribution in [0, 0.1) is 5.92 Å². The molecule has 1 saturated carbocycles. The number of rotatable bonds is 5. The molecule has 1 aliphatic carbocycles. The highest BCUT2D eigenvalue weighted by molar-refractivity contribution is 5.85. The van der Waals surface area contributed by atoms with Crippen molar-refractivity contribution in [2.75, 3.05) is 5.73 Å². The van der Waals surface area contributed by atoms with E-state index in [0.717, 1.165) is 18.2 Å². The maximum Gasteiger partial charge on any atom is 0.0351 e. The Hall–Kier alpha value is -1.51. The fraction of sp³-hybridized carbons (Fsp3) is 0.333. The molecule has 2 aromatic rings. The van der Waals surface area contributed by atoms with Gasteiger partial charge in [0, 0.05) is 18.3 Å². The van der Waals surface area contributed by atoms with Gasteiger partial charge in [-0.2, -0.15) is 0 Å². The van der Waals surface area contributed by atoms with Gasteiger partial charge in [0.1, 0.15) is 0 Å². The summed E-state index contributed by atoms with van der Waals surface area (Å²) in [5, 5.41) is 3.73. The summed E-state index contributed by atoms with van der Waals surface area (Å²) in [5.74, 6) is 0.776. The number of hydrogen-bond donors (Lipinski definition) is 2. The van der Waals surface area contributed by atoms with Gasteiger partial charge < -0.3 is 11.1 Å². The Labute approximate surface area is 133 Å². The van der Waals surface area contributed by atoms with Crippen molar-refractivity contribution in [3.05, 3.63) is 65.7 Å². The third-order valence-corrected chi connectivity index (χ3v) is 4.26. The quantitative estimate of drug-likeness (QED) is 0.807. The Bertz CT molecular complexity index is 552. The maximum absolute atomic E-state index is 5.85. The molecular weight excluding hydrogens is 280 g/mol. The molecule has 0 spiro atoms. The lowest BCUT2D eigenvalue weighted by Gasteiger charge is -2.35. The molecule has 1 atom stereocenters. The molecule has 0 aromatic heterocycles. The first kappa shape index (κ1) is 15.9. The fourth-order valence-electron chi connectivity index (χ4n) is 2.92. The van der Waals surface area contributed by atoms with Crippen molar-refractivity contribution >= 4 is 18.1 Å². The topological polar surface area (TPSA) is 38.0 Å². The summed E-state index contributed by atoms with van der Waals surface area (Å²) in [4.78, 5) is 0. The van der Waals surface area contributed by atoms with Crippen LogP contribution < -0.4 is 11.1 Å². The van der Waals surface area contributed by atoms with Crippen molar-refractivity contribution in [2.45, 2.75) is 31.8 Å². The van der Waals surface area contributed by atoms with E-state index in [4.69, 9.17) is 5.73 Å². The minimum Gasteiger partial charge on any atom is -0.399 e. The number of hydrogen-bond acceptors (Lipinski definition) is 2. The van der Waals surface area contributed by atoms with Gasteiger partial charge in [0.25, 0.3) is 0 Å². The minimum atomic E-state index is 0. The molecule has 1 fully saturated rings. The van der Waals surface area contributed by atoms with Gasteiger partial charge in [-0.1, -0.05) is 48.9 Å². The van der Waals surface area contributed by atoms with Gasteiger partial charge in [0.15, 0.2) is 0 Å². The molecule has 0 bridgehead atoms. The number of anilines is 1. The molecule has 3 N–H and O–H groups in total. The summed E-state index contributed by atoms with van der Waals surface area (Å²) < 4.78 is 0. The highest BCUT2D eigenvalue weighted by Crippen LogP contribution is 2.37. The normalized spacial score (nSPS) is 15.8. The molecule has 21 heavy (non-hydrogen) atoms. The lowest BCUT2D eigenvalue weighted by atomic mass is 9.77. The molecule has 0 aliphatic heterocycles. The summed E-state index contributed by atoms with van der Waals surface area (Å²) in [6.45, 7) is 0.876. The van der Waals surface area contributed by atoms with Crippen LogP contribution in [0.5, 0.6) is 0 Å². The van der Waals surface area contributed by atoms with Gasteiger partial charge in [-0.3, -0.25) is 0 Å². The molecule has 2 nitrogen and oxygen atoms in total. The zero-order chi connectivity index (χ0) is 13.8. The number of nitrogen functional groups attached to an aromatic ring is 1. The largest absolute Gasteiger partial charge is 0.399 e. The van der Waals surface area contributed by atoms with Gasteiger partial charge in [0.05, 0.1) is 0 Å². The predicted octanol–water partition coefficient (Wildman–Crippen LogP) is 4.32. The fourth-order valence-corrected chi connectivity index (χ4v) is 2.92. The van der Waals surface area contributed by atoms with Crippen molar-refractivity contribution < 1.29 is 0 Å². The summed E-state index contributed by atoms with van der Waals surface area (Å²) in [7, 11) is 0. The molecule has 3 heteroatoms. The third-order valence-electron chi connectivity index (χ3n) is 4.26. The number of nitrogens with one attached hydrogen (secondary N) is 1. The minimum absolute atomic E-state index is 0. The van der Waals surface area contributed by atoms with Crippen LogP contribution in [-0.4, -0.2) is 0 Å². The van der Waals surface area contributed by atoms with Crippen molar-refractivity contribution in [3.63, 3.8) is 0 Å². The Balaban J connectivity index is 0.00000161. The van der Waals surface area contributed by atoms with Gasteiger partial charge in [-0.25, -0.2) is 0 Å². The van der Waals surface area contributed by atoms with Crippen molar-refractivity contribution in [3.8, 4) is 0 Å². The summed E-state index contributed by atoms with van der Waals surface area (Å²) in [5.41, 5.74) is 9.34. The second kappa shape index (κ2) is 7.48. The van der Waals surface area contributed by atoms with Crippen LogP contribution in [-0.2, 0) is 6.54 Å². The average molecular weight is 303 g/mol. The first-order chi connectivity index (χ1) is 9.83. The van der Waals surface area contributed by atoms with Crippen LogP contribution in [0.2, 0.25) is 0 Å². The van der Waals surface area contributed by atoms with E-state index >= 15 is 0 Å². The van der Waals surface area contributed by atoms with Crippen molar-refractivity contribution in [2.24, 2.45) is 5.92 Å². The first-order valence-electron chi connectivity index (χ1n) is 7.46. The van der Waals surface area contributed by atoms with Gasteiger partial charge >= 0.3 is 0 Å². The number of halogens is 1. The van der Waals surface area contributed by atoms with Gasteiger partial charge in [-0.05, 0) is 42.0 Å². The molecule has 1 aliphatic rings. The SMILES string of the molecule is Cl.Nc1cccc(CNC(c2ccccc2)C2CCC2)c1. The summed E-state index contributed by atoms with van der Waals surface area (Å²) >= 11 is 0. The monoisotopic (exact) mass is 302 g/mol. The number of benzene rings is 2. The van der Waals surface area contributed by atoms with Gasteiger partial charge in [0.2, 0.25) is 0 Å². The van der Waals surface area contributed by atoms with E-state index in [1.807, 2.05) is 12.1 Å². The van der Waals surface area contributed by atoms with E-state index in [2.05, 4.69) is 47.8 Å². The van der Waals surface area contributed by atoms with E-state index in [1.54, 1.807) is 0 Å². The third kappa shape index (κ3) is 3.99. The molecular formula is C18H23ClN2. The second-order valence-electron chi connectivity index (χ2n) is 5.71. The summed E-state index contributed by atoms with van der Waals surface area (Å²) in [6.07, 6.45) is 4.04. The van der Waals surface area contributed by atoms with Crippen molar-refractivity contribution in [1.82, 2.24) is 5.32 Å². The standard InChI is InChI=1S/C18H22N2.ClH/c19-17-11-4-6-14(12-17)13-20-18(16-9-5-10-16)15-7-2-1-3-8-15;/h1-4,6-8,11-12,16,18,20H,5,9-10,13,19H2;1H. The average Bonchev–Trinajstić information content (AvgIpc) is 2.42. The highest BCUT2D eigenvalue weighted by Gasteiger charge is 2.27. The molecule has 3 rings (SSSR count). The van der Waals surface area contributed by atoms with Crippen LogP contribution in [0.25, 0.3) is 0 Å². The molecule has 0 saturated heterocycles. The van der Waals surface area contributed by atoms with E-state index in [-0.39, 0.29) is 12.4 Å². The van der Waals surface area contributed by atoms with Crippen LogP contribution in [0.15, 0.2) is 54.6 Å². The molecule has 0 heterocycles. The Kier molecular flexibility index (Phi) is 5.66. The zero-order valence-electron chi connectivity index (χ0n) is 12.2. The Morgan fingerprint density at radius 3 is 2.43 bits per heavy atom. The van der Waals surface area contributed by atoms with Gasteiger partial charge in [-0.15, -0.1) is 12.4 Å². The lowest BCUT2D eigenvalue weighted by molar-refractivity contribution is 0.229. The number of nitrogens with two attached hydrogens (primary N) is 1. The predicted molar refractivity (Wildman–Crippen MR) is 91.5 cm³/mol. The van der Waals surface area contributed by atoms with E-state index in [0.29, 0.717) is 6.04 Å². The Morgan fingerprint density at radius 2 is 1.81 bits per heavy atom. The van der Waals surface area contributed by atoms with Crippen LogP contribution in [0.4, 0.5) is 5.69 Å². The van der Waals surface area contributed by atoms with Crippen molar-refractivity contribution in [1.29, 1.82) is 0 Å². The van der Waals surface area contributed by atoms with E-state index in [9.17, 15) is 0 Å². The molecule has 112 valence electrons. The Morgan fingerprint density at radius 1 is 1.05 bits per heavy atom. The molecule has 0 radical (unpaired) electrons. The summed E-state index contributed by atoms with van der Waals surface area (Å²) in [6, 6.07) is 19.4. The molecule has 1 unspecified atom stereocenters. The van der Waals surface area contributed by atoms with Crippen LogP contribution in [0.3, 0.4) is 0 Å². The van der Waals surface area contributed by atoms with Crippen LogP contribution in [0.1, 0.15) is 36.4 Å². The first-order valence-corrected chi connectivity index (χ1v) is 7.46. The molecule has 0 amide bonds. The highest BCUT2D eigenvalue weighted by atomic mass is 35.5.